The number of hydrogen-bond acceptors (Lipinski definition) is 4. The first-order valence-electron chi connectivity index (χ1n) is 6.73. The molecule has 0 aromatic rings. The fourth-order valence-electron chi connectivity index (χ4n) is 2.34. The average Bonchev–Trinajstić information content (AvgIpc) is 2.31. The van der Waals surface area contributed by atoms with Crippen LogP contribution in [0.15, 0.2) is 0 Å². The number of nitrogens with zero attached hydrogens (tertiary/aromatic N) is 3. The maximum absolute atomic E-state index is 9.05. The van der Waals surface area contributed by atoms with Crippen LogP contribution in [-0.4, -0.2) is 61.7 Å². The van der Waals surface area contributed by atoms with Crippen molar-refractivity contribution in [3.8, 4) is 6.07 Å². The van der Waals surface area contributed by atoms with E-state index in [0.29, 0.717) is 6.04 Å². The van der Waals surface area contributed by atoms with E-state index in [1.54, 1.807) is 0 Å². The van der Waals surface area contributed by atoms with Crippen LogP contribution in [0.2, 0.25) is 0 Å². The van der Waals surface area contributed by atoms with Gasteiger partial charge in [-0.1, -0.05) is 6.92 Å². The third kappa shape index (κ3) is 5.03. The van der Waals surface area contributed by atoms with Gasteiger partial charge in [0.05, 0.1) is 12.1 Å². The van der Waals surface area contributed by atoms with Gasteiger partial charge in [-0.3, -0.25) is 4.90 Å². The Morgan fingerprint density at radius 2 is 2.24 bits per heavy atom. The second-order valence-electron chi connectivity index (χ2n) is 5.07. The Labute approximate surface area is 106 Å². The minimum atomic E-state index is 0.0156. The van der Waals surface area contributed by atoms with E-state index >= 15 is 0 Å². The van der Waals surface area contributed by atoms with Gasteiger partial charge in [-0.15, -0.1) is 0 Å². The van der Waals surface area contributed by atoms with Crippen LogP contribution in [0.1, 0.15) is 26.7 Å². The Kier molecular flexibility index (Phi) is 6.49. The molecule has 1 N–H and O–H groups in total. The first-order valence-corrected chi connectivity index (χ1v) is 6.73. The molecular weight excluding hydrogens is 212 g/mol. The zero-order chi connectivity index (χ0) is 12.7. The highest BCUT2D eigenvalue weighted by atomic mass is 15.3. The normalized spacial score (nSPS) is 24.5. The molecule has 0 saturated carbocycles. The lowest BCUT2D eigenvalue weighted by Crippen LogP contribution is -2.51. The molecule has 0 amide bonds. The third-order valence-corrected chi connectivity index (χ3v) is 3.47. The maximum Gasteiger partial charge on any atom is 0.0965 e. The molecular formula is C13H26N4. The molecule has 2 unspecified atom stereocenters. The fraction of sp³-hybridized carbons (Fsp3) is 0.923. The van der Waals surface area contributed by atoms with Crippen LogP contribution in [0.3, 0.4) is 0 Å². The van der Waals surface area contributed by atoms with E-state index in [-0.39, 0.29) is 6.04 Å². The highest BCUT2D eigenvalue weighted by molar-refractivity contribution is 4.91. The number of rotatable bonds is 6. The molecule has 0 aliphatic carbocycles. The minimum Gasteiger partial charge on any atom is -0.304 e. The van der Waals surface area contributed by atoms with Crippen molar-refractivity contribution >= 4 is 0 Å². The summed E-state index contributed by atoms with van der Waals surface area (Å²) in [6.45, 7) is 9.79. The Hall–Kier alpha value is -0.630. The number of likely N-dealkylation sites (N-methyl/N-ethyl adjacent to an activating group) is 1. The van der Waals surface area contributed by atoms with Crippen molar-refractivity contribution in [1.82, 2.24) is 15.1 Å². The Morgan fingerprint density at radius 3 is 2.82 bits per heavy atom. The van der Waals surface area contributed by atoms with Crippen LogP contribution in [0, 0.1) is 11.3 Å². The van der Waals surface area contributed by atoms with Gasteiger partial charge < -0.3 is 10.2 Å². The number of hydrogen-bond donors (Lipinski definition) is 1. The molecule has 0 radical (unpaired) electrons. The molecule has 0 spiro atoms. The van der Waals surface area contributed by atoms with Gasteiger partial charge >= 0.3 is 0 Å². The summed E-state index contributed by atoms with van der Waals surface area (Å²) in [6, 6.07) is 2.98. The van der Waals surface area contributed by atoms with Crippen molar-refractivity contribution in [2.24, 2.45) is 0 Å². The Bertz CT molecular complexity index is 248. The standard InChI is InChI=1S/C13H26N4/c1-4-6-15-13(10-14)5-7-17-9-8-16(3)11-12(17)2/h12-13,15H,4-9,11H2,1-3H3. The topological polar surface area (TPSA) is 42.3 Å². The molecule has 4 heteroatoms. The van der Waals surface area contributed by atoms with Gasteiger partial charge in [-0.05, 0) is 33.4 Å². The molecule has 4 nitrogen and oxygen atoms in total. The molecule has 0 bridgehead atoms. The van der Waals surface area contributed by atoms with Crippen molar-refractivity contribution in [3.63, 3.8) is 0 Å². The van der Waals surface area contributed by atoms with Crippen LogP contribution in [0.25, 0.3) is 0 Å². The third-order valence-electron chi connectivity index (χ3n) is 3.47. The highest BCUT2D eigenvalue weighted by Gasteiger charge is 2.21. The van der Waals surface area contributed by atoms with E-state index in [4.69, 9.17) is 5.26 Å². The predicted octanol–water partition coefficient (Wildman–Crippen LogP) is 0.904. The summed E-state index contributed by atoms with van der Waals surface area (Å²) < 4.78 is 0. The van der Waals surface area contributed by atoms with Crippen LogP contribution < -0.4 is 5.32 Å². The van der Waals surface area contributed by atoms with Crippen molar-refractivity contribution in [2.75, 3.05) is 39.8 Å². The van der Waals surface area contributed by atoms with Crippen LogP contribution in [0.4, 0.5) is 0 Å². The predicted molar refractivity (Wildman–Crippen MR) is 70.8 cm³/mol. The van der Waals surface area contributed by atoms with E-state index in [9.17, 15) is 0 Å². The van der Waals surface area contributed by atoms with Gasteiger partial charge in [0, 0.05) is 32.2 Å². The van der Waals surface area contributed by atoms with Crippen molar-refractivity contribution in [1.29, 1.82) is 5.26 Å². The summed E-state index contributed by atoms with van der Waals surface area (Å²) in [6.07, 6.45) is 2.02. The summed E-state index contributed by atoms with van der Waals surface area (Å²) in [5.41, 5.74) is 0. The lowest BCUT2D eigenvalue weighted by atomic mass is 10.1. The van der Waals surface area contributed by atoms with E-state index < -0.39 is 0 Å². The van der Waals surface area contributed by atoms with Gasteiger partial charge in [-0.2, -0.15) is 5.26 Å². The van der Waals surface area contributed by atoms with E-state index in [1.807, 2.05) is 0 Å². The van der Waals surface area contributed by atoms with E-state index in [1.165, 1.54) is 0 Å². The zero-order valence-electron chi connectivity index (χ0n) is 11.4. The van der Waals surface area contributed by atoms with Gasteiger partial charge in [-0.25, -0.2) is 0 Å². The number of nitrogens with one attached hydrogen (secondary N) is 1. The second-order valence-corrected chi connectivity index (χ2v) is 5.07. The second kappa shape index (κ2) is 7.65. The first kappa shape index (κ1) is 14.4. The van der Waals surface area contributed by atoms with Gasteiger partial charge in [0.2, 0.25) is 0 Å². The lowest BCUT2D eigenvalue weighted by molar-refractivity contribution is 0.0976. The zero-order valence-corrected chi connectivity index (χ0v) is 11.4. The smallest absolute Gasteiger partial charge is 0.0965 e. The van der Waals surface area contributed by atoms with Gasteiger partial charge in [0.1, 0.15) is 0 Å². The first-order chi connectivity index (χ1) is 8.17. The fourth-order valence-corrected chi connectivity index (χ4v) is 2.34. The Balaban J connectivity index is 2.26. The van der Waals surface area contributed by atoms with Crippen LogP contribution in [-0.2, 0) is 0 Å². The van der Waals surface area contributed by atoms with E-state index in [0.717, 1.165) is 45.6 Å². The average molecular weight is 238 g/mol. The highest BCUT2D eigenvalue weighted by Crippen LogP contribution is 2.09. The molecule has 1 rings (SSSR count). The summed E-state index contributed by atoms with van der Waals surface area (Å²) in [5.74, 6) is 0. The van der Waals surface area contributed by atoms with Gasteiger partial charge in [0.15, 0.2) is 0 Å². The quantitative estimate of drug-likeness (QED) is 0.747. The molecule has 1 aliphatic heterocycles. The molecule has 0 aromatic carbocycles. The number of piperazine rings is 1. The molecule has 2 atom stereocenters. The molecule has 1 saturated heterocycles. The monoisotopic (exact) mass is 238 g/mol. The van der Waals surface area contributed by atoms with Crippen molar-refractivity contribution in [2.45, 2.75) is 38.8 Å². The minimum absolute atomic E-state index is 0.0156. The van der Waals surface area contributed by atoms with E-state index in [2.05, 4.69) is 42.1 Å². The largest absolute Gasteiger partial charge is 0.304 e. The summed E-state index contributed by atoms with van der Waals surface area (Å²) >= 11 is 0. The lowest BCUT2D eigenvalue weighted by Gasteiger charge is -2.38. The summed E-state index contributed by atoms with van der Waals surface area (Å²) in [4.78, 5) is 4.87. The molecule has 0 aromatic heterocycles. The van der Waals surface area contributed by atoms with Crippen molar-refractivity contribution < 1.29 is 0 Å². The van der Waals surface area contributed by atoms with Crippen molar-refractivity contribution in [3.05, 3.63) is 0 Å². The Morgan fingerprint density at radius 1 is 1.47 bits per heavy atom. The summed E-state index contributed by atoms with van der Waals surface area (Å²) in [5, 5.41) is 12.3. The molecule has 1 aliphatic rings. The summed E-state index contributed by atoms with van der Waals surface area (Å²) in [7, 11) is 2.18. The van der Waals surface area contributed by atoms with Crippen LogP contribution in [0.5, 0.6) is 0 Å². The van der Waals surface area contributed by atoms with Crippen LogP contribution >= 0.6 is 0 Å². The molecule has 17 heavy (non-hydrogen) atoms. The maximum atomic E-state index is 9.05. The van der Waals surface area contributed by atoms with Gasteiger partial charge in [0.25, 0.3) is 0 Å². The molecule has 1 fully saturated rings. The SMILES string of the molecule is CCCNC(C#N)CCN1CCN(C)CC1C. The number of nitriles is 1. The molecule has 1 heterocycles. The molecule has 98 valence electrons.